The zero-order chi connectivity index (χ0) is 18.5. The first-order valence-electron chi connectivity index (χ1n) is 7.53. The number of carbonyl (C=O) groups excluding carboxylic acids is 2. The fourth-order valence-electron chi connectivity index (χ4n) is 1.66. The number of thiophene rings is 1. The number of nitrogens with one attached hydrogen (secondary N) is 2. The molecule has 1 rings (SSSR count). The van der Waals surface area contributed by atoms with Gasteiger partial charge < -0.3 is 9.47 Å². The minimum atomic E-state index is -0.797. The van der Waals surface area contributed by atoms with Gasteiger partial charge in [0.15, 0.2) is 0 Å². The maximum Gasteiger partial charge on any atom is 0.416 e. The Morgan fingerprint density at radius 2 is 2.08 bits per heavy atom. The van der Waals surface area contributed by atoms with Crippen LogP contribution in [0.5, 0.6) is 0 Å². The van der Waals surface area contributed by atoms with E-state index in [-0.39, 0.29) is 12.5 Å². The quantitative estimate of drug-likeness (QED) is 0.491. The Morgan fingerprint density at radius 1 is 1.46 bits per heavy atom. The van der Waals surface area contributed by atoms with Gasteiger partial charge in [0.05, 0.1) is 0 Å². The summed E-state index contributed by atoms with van der Waals surface area (Å²) < 4.78 is 10.2. The lowest BCUT2D eigenvalue weighted by Gasteiger charge is -2.22. The Hall–Kier alpha value is -2.03. The molecule has 0 bridgehead atoms. The first-order valence-corrected chi connectivity index (χ1v) is 8.41. The lowest BCUT2D eigenvalue weighted by molar-refractivity contribution is 0.0556. The van der Waals surface area contributed by atoms with Gasteiger partial charge in [-0.05, 0) is 26.2 Å². The van der Waals surface area contributed by atoms with E-state index in [4.69, 9.17) is 14.9 Å². The second-order valence-electron chi connectivity index (χ2n) is 6.54. The van der Waals surface area contributed by atoms with Crippen LogP contribution >= 0.6 is 11.3 Å². The highest BCUT2D eigenvalue weighted by atomic mass is 32.1. The fourth-order valence-corrected chi connectivity index (χ4v) is 2.61. The summed E-state index contributed by atoms with van der Waals surface area (Å²) in [4.78, 5) is 25.6. The van der Waals surface area contributed by atoms with Gasteiger partial charge in [0.1, 0.15) is 20.1 Å². The van der Waals surface area contributed by atoms with Gasteiger partial charge in [-0.25, -0.2) is 9.59 Å². The highest BCUT2D eigenvalue weighted by Gasteiger charge is 2.22. The molecule has 0 aliphatic heterocycles. The van der Waals surface area contributed by atoms with Crippen LogP contribution < -0.4 is 10.8 Å². The summed E-state index contributed by atoms with van der Waals surface area (Å²) in [6, 6.07) is 2.05. The van der Waals surface area contributed by atoms with E-state index in [9.17, 15) is 9.59 Å². The van der Waals surface area contributed by atoms with Gasteiger partial charge >= 0.3 is 12.2 Å². The highest BCUT2D eigenvalue weighted by molar-refractivity contribution is 7.11. The van der Waals surface area contributed by atoms with Crippen molar-refractivity contribution >= 4 is 42.8 Å². The second-order valence-corrected chi connectivity index (χ2v) is 7.48. The molecule has 132 valence electrons. The molecule has 0 radical (unpaired) electrons. The SMILES string of the molecule is Bc1csc(C(C)COC(=O)N(C)C(=N)NC(=O)OC(C)(C)C)c1. The zero-order valence-electron chi connectivity index (χ0n) is 14.9. The van der Waals surface area contributed by atoms with Crippen molar-refractivity contribution in [2.24, 2.45) is 0 Å². The van der Waals surface area contributed by atoms with Crippen molar-refractivity contribution in [1.82, 2.24) is 10.2 Å². The van der Waals surface area contributed by atoms with E-state index in [2.05, 4.69) is 11.4 Å². The first kappa shape index (κ1) is 20.0. The number of carbonyl (C=O) groups is 2. The number of guanidine groups is 1. The number of alkyl carbamates (subject to hydrolysis) is 1. The Kier molecular flexibility index (Phi) is 6.83. The molecule has 24 heavy (non-hydrogen) atoms. The van der Waals surface area contributed by atoms with Crippen LogP contribution in [0.25, 0.3) is 0 Å². The molecule has 1 aromatic rings. The van der Waals surface area contributed by atoms with Crippen LogP contribution in [-0.2, 0) is 9.47 Å². The van der Waals surface area contributed by atoms with Gasteiger partial charge in [-0.15, -0.1) is 11.3 Å². The van der Waals surface area contributed by atoms with Crippen molar-refractivity contribution in [2.45, 2.75) is 39.2 Å². The Bertz CT molecular complexity index is 612. The Morgan fingerprint density at radius 3 is 2.58 bits per heavy atom. The lowest BCUT2D eigenvalue weighted by atomic mass is 9.99. The molecule has 1 atom stereocenters. The highest BCUT2D eigenvalue weighted by Crippen LogP contribution is 2.19. The van der Waals surface area contributed by atoms with E-state index in [1.807, 2.05) is 20.2 Å². The van der Waals surface area contributed by atoms with Gasteiger partial charge in [-0.3, -0.25) is 15.6 Å². The van der Waals surface area contributed by atoms with Crippen LogP contribution in [0.2, 0.25) is 0 Å². The maximum atomic E-state index is 12.0. The molecular formula is C15H24BN3O4S. The Labute approximate surface area is 147 Å². The van der Waals surface area contributed by atoms with E-state index in [0.29, 0.717) is 0 Å². The number of nitrogens with zero attached hydrogens (tertiary/aromatic N) is 1. The molecule has 0 aliphatic carbocycles. The number of amides is 2. The van der Waals surface area contributed by atoms with Crippen LogP contribution in [0.15, 0.2) is 11.4 Å². The normalized spacial score (nSPS) is 12.2. The maximum absolute atomic E-state index is 12.0. The minimum absolute atomic E-state index is 0.0639. The van der Waals surface area contributed by atoms with Crippen molar-refractivity contribution in [3.8, 4) is 0 Å². The van der Waals surface area contributed by atoms with Crippen molar-refractivity contribution < 1.29 is 19.1 Å². The predicted octanol–water partition coefficient (Wildman–Crippen LogP) is 1.64. The van der Waals surface area contributed by atoms with E-state index in [1.54, 1.807) is 32.1 Å². The molecule has 0 saturated heterocycles. The predicted molar refractivity (Wildman–Crippen MR) is 97.1 cm³/mol. The van der Waals surface area contributed by atoms with E-state index < -0.39 is 23.7 Å². The van der Waals surface area contributed by atoms with Gasteiger partial charge in [-0.1, -0.05) is 18.5 Å². The Balaban J connectivity index is 2.46. The van der Waals surface area contributed by atoms with Crippen LogP contribution in [0.4, 0.5) is 9.59 Å². The standard InChI is InChI=1S/C15H24BN3O4S/c1-9(11-6-10(16)8-24-11)7-22-14(21)19(5)12(17)18-13(20)23-15(2,3)4/h6,8-9H,7,16H2,1-5H3,(H2,17,18,20). The molecule has 1 heterocycles. The van der Waals surface area contributed by atoms with Crippen LogP contribution in [0.1, 0.15) is 38.5 Å². The molecule has 2 amide bonds. The molecule has 0 saturated carbocycles. The number of hydrogen-bond acceptors (Lipinski definition) is 6. The second kappa shape index (κ2) is 8.19. The van der Waals surface area contributed by atoms with E-state index in [1.165, 1.54) is 12.5 Å². The third-order valence-corrected chi connectivity index (χ3v) is 4.20. The first-order chi connectivity index (χ1) is 11.0. The lowest BCUT2D eigenvalue weighted by Crippen LogP contribution is -2.46. The summed E-state index contributed by atoms with van der Waals surface area (Å²) in [7, 11) is 3.36. The van der Waals surface area contributed by atoms with Crippen LogP contribution in [-0.4, -0.2) is 50.1 Å². The van der Waals surface area contributed by atoms with Gasteiger partial charge in [0.2, 0.25) is 5.96 Å². The average molecular weight is 353 g/mol. The van der Waals surface area contributed by atoms with Crippen LogP contribution in [0, 0.1) is 5.41 Å². The smallest absolute Gasteiger partial charge is 0.416 e. The molecule has 7 nitrogen and oxygen atoms in total. The molecule has 1 aromatic heterocycles. The summed E-state index contributed by atoms with van der Waals surface area (Å²) in [5.41, 5.74) is 0.492. The molecule has 9 heteroatoms. The largest absolute Gasteiger partial charge is 0.448 e. The van der Waals surface area contributed by atoms with E-state index in [0.717, 1.165) is 9.78 Å². The average Bonchev–Trinajstić information content (AvgIpc) is 2.87. The molecule has 0 aliphatic rings. The molecule has 0 fully saturated rings. The fraction of sp³-hybridized carbons (Fsp3) is 0.533. The molecule has 2 N–H and O–H groups in total. The van der Waals surface area contributed by atoms with E-state index >= 15 is 0 Å². The summed E-state index contributed by atoms with van der Waals surface area (Å²) in [5.74, 6) is -0.345. The molecular weight excluding hydrogens is 329 g/mol. The summed E-state index contributed by atoms with van der Waals surface area (Å²) in [6.45, 7) is 7.29. The number of ether oxygens (including phenoxy) is 2. The minimum Gasteiger partial charge on any atom is -0.448 e. The topological polar surface area (TPSA) is 91.7 Å². The van der Waals surface area contributed by atoms with Crippen molar-refractivity contribution in [1.29, 1.82) is 5.41 Å². The van der Waals surface area contributed by atoms with Gasteiger partial charge in [-0.2, -0.15) is 0 Å². The number of hydrogen-bond donors (Lipinski definition) is 2. The molecule has 0 spiro atoms. The van der Waals surface area contributed by atoms with Crippen molar-refractivity contribution in [3.63, 3.8) is 0 Å². The molecule has 1 unspecified atom stereocenters. The van der Waals surface area contributed by atoms with Gasteiger partial charge in [0.25, 0.3) is 0 Å². The summed E-state index contributed by atoms with van der Waals surface area (Å²) in [5, 5.41) is 12.0. The third-order valence-electron chi connectivity index (χ3n) is 2.92. The third kappa shape index (κ3) is 6.61. The number of rotatable bonds is 3. The van der Waals surface area contributed by atoms with Crippen LogP contribution in [0.3, 0.4) is 0 Å². The van der Waals surface area contributed by atoms with Crippen molar-refractivity contribution in [3.05, 3.63) is 16.3 Å². The summed E-state index contributed by atoms with van der Waals surface area (Å²) in [6.07, 6.45) is -1.51. The summed E-state index contributed by atoms with van der Waals surface area (Å²) >= 11 is 1.62. The monoisotopic (exact) mass is 353 g/mol. The van der Waals surface area contributed by atoms with Crippen molar-refractivity contribution in [2.75, 3.05) is 13.7 Å². The molecule has 0 aromatic carbocycles. The zero-order valence-corrected chi connectivity index (χ0v) is 15.7. The van der Waals surface area contributed by atoms with Gasteiger partial charge in [0, 0.05) is 17.8 Å².